The highest BCUT2D eigenvalue weighted by molar-refractivity contribution is 7.84. The van der Waals surface area contributed by atoms with Gasteiger partial charge in [-0.1, -0.05) is 12.1 Å². The minimum absolute atomic E-state index is 0.743. The minimum atomic E-state index is 0.743. The van der Waals surface area contributed by atoms with E-state index in [0.29, 0.717) is 0 Å². The van der Waals surface area contributed by atoms with E-state index >= 15 is 0 Å². The SMILES string of the molecule is SCc1ccc(CS)c(CS)c1CS.Sc1cc(S)c(S)cc1S. The van der Waals surface area contributed by atoms with Crippen molar-refractivity contribution in [3.63, 3.8) is 0 Å². The Bertz CT molecular complexity index is 603. The number of benzene rings is 2. The number of thiol groups is 8. The highest BCUT2D eigenvalue weighted by Crippen LogP contribution is 2.27. The average molecular weight is 469 g/mol. The van der Waals surface area contributed by atoms with Crippen LogP contribution >= 0.6 is 101 Å². The van der Waals surface area contributed by atoms with Gasteiger partial charge in [-0.2, -0.15) is 50.5 Å². The van der Waals surface area contributed by atoms with Gasteiger partial charge in [0, 0.05) is 42.6 Å². The van der Waals surface area contributed by atoms with Gasteiger partial charge in [-0.15, -0.1) is 50.5 Å². The van der Waals surface area contributed by atoms with Crippen molar-refractivity contribution >= 4 is 101 Å². The Morgan fingerprint density at radius 2 is 0.792 bits per heavy atom. The molecule has 0 N–H and O–H groups in total. The molecule has 0 bridgehead atoms. The van der Waals surface area contributed by atoms with Crippen LogP contribution in [0.25, 0.3) is 0 Å². The van der Waals surface area contributed by atoms with E-state index in [2.05, 4.69) is 113 Å². The lowest BCUT2D eigenvalue weighted by molar-refractivity contribution is 1.11. The Kier molecular flexibility index (Phi) is 11.5. The van der Waals surface area contributed by atoms with Gasteiger partial charge in [0.15, 0.2) is 0 Å². The van der Waals surface area contributed by atoms with Crippen LogP contribution < -0.4 is 0 Å². The molecule has 2 aromatic rings. The summed E-state index contributed by atoms with van der Waals surface area (Å²) in [6.07, 6.45) is 0. The Hall–Kier alpha value is 1.24. The van der Waals surface area contributed by atoms with Crippen LogP contribution in [-0.4, -0.2) is 0 Å². The second-order valence-electron chi connectivity index (χ2n) is 4.80. The lowest BCUT2D eigenvalue weighted by Gasteiger charge is -2.14. The van der Waals surface area contributed by atoms with Crippen LogP contribution in [0.1, 0.15) is 22.3 Å². The molecule has 0 atom stereocenters. The van der Waals surface area contributed by atoms with Crippen molar-refractivity contribution in [2.45, 2.75) is 42.6 Å². The normalized spacial score (nSPS) is 10.3. The summed E-state index contributed by atoms with van der Waals surface area (Å²) in [6, 6.07) is 7.85. The third-order valence-electron chi connectivity index (χ3n) is 3.35. The van der Waals surface area contributed by atoms with Crippen molar-refractivity contribution in [2.75, 3.05) is 0 Å². The molecule has 0 spiro atoms. The standard InChI is InChI=1S/C10H14S4.C6H6S4/c11-3-7-1-2-8(4-12)10(6-14)9(7)5-13;7-3-1-4(8)6(10)2-5(3)9/h1-2,11-14H,3-6H2;1-2,7-10H. The van der Waals surface area contributed by atoms with Gasteiger partial charge in [0.25, 0.3) is 0 Å². The Balaban J connectivity index is 0.000000254. The smallest absolute Gasteiger partial charge is 0.0186 e. The van der Waals surface area contributed by atoms with Gasteiger partial charge in [0.05, 0.1) is 0 Å². The van der Waals surface area contributed by atoms with Crippen molar-refractivity contribution < 1.29 is 0 Å². The molecule has 2 rings (SSSR count). The van der Waals surface area contributed by atoms with Crippen LogP contribution in [0, 0.1) is 0 Å². The molecule has 0 radical (unpaired) electrons. The molecule has 8 heteroatoms. The monoisotopic (exact) mass is 468 g/mol. The molecule has 0 nitrogen and oxygen atoms in total. The third kappa shape index (κ3) is 6.44. The molecule has 132 valence electrons. The fourth-order valence-electron chi connectivity index (χ4n) is 2.03. The van der Waals surface area contributed by atoms with E-state index in [0.717, 1.165) is 42.6 Å². The Morgan fingerprint density at radius 1 is 0.500 bits per heavy atom. The van der Waals surface area contributed by atoms with Gasteiger partial charge in [0.1, 0.15) is 0 Å². The van der Waals surface area contributed by atoms with Crippen molar-refractivity contribution in [3.8, 4) is 0 Å². The second kappa shape index (κ2) is 11.8. The zero-order valence-electron chi connectivity index (χ0n) is 12.7. The molecule has 0 fully saturated rings. The van der Waals surface area contributed by atoms with Gasteiger partial charge in [-0.05, 0) is 34.4 Å². The molecule has 0 saturated carbocycles. The first kappa shape index (κ1) is 23.3. The summed E-state index contributed by atoms with van der Waals surface area (Å²) in [5, 5.41) is 0. The predicted octanol–water partition coefficient (Wildman–Crippen LogP) is 6.25. The fraction of sp³-hybridized carbons (Fsp3) is 0.250. The number of rotatable bonds is 4. The quantitative estimate of drug-likeness (QED) is 0.239. The van der Waals surface area contributed by atoms with Crippen LogP contribution in [0.5, 0.6) is 0 Å². The predicted molar refractivity (Wildman–Crippen MR) is 133 cm³/mol. The maximum atomic E-state index is 4.35. The highest BCUT2D eigenvalue weighted by Gasteiger charge is 2.09. The second-order valence-corrected chi connectivity index (χ2v) is 8.00. The van der Waals surface area contributed by atoms with Crippen LogP contribution in [0.2, 0.25) is 0 Å². The van der Waals surface area contributed by atoms with Gasteiger partial charge in [-0.25, -0.2) is 0 Å². The van der Waals surface area contributed by atoms with Crippen LogP contribution in [0.15, 0.2) is 43.8 Å². The van der Waals surface area contributed by atoms with E-state index in [-0.39, 0.29) is 0 Å². The summed E-state index contributed by atoms with van der Waals surface area (Å²) < 4.78 is 0. The maximum absolute atomic E-state index is 4.35. The highest BCUT2D eigenvalue weighted by atomic mass is 32.1. The van der Waals surface area contributed by atoms with Crippen molar-refractivity contribution in [1.29, 1.82) is 0 Å². The molecule has 0 unspecified atom stereocenters. The third-order valence-corrected chi connectivity index (χ3v) is 6.50. The van der Waals surface area contributed by atoms with E-state index in [1.807, 2.05) is 12.1 Å². The van der Waals surface area contributed by atoms with Crippen LogP contribution in [0.4, 0.5) is 0 Å². The van der Waals surface area contributed by atoms with Crippen LogP contribution in [0.3, 0.4) is 0 Å². The largest absolute Gasteiger partial charge is 0.175 e. The lowest BCUT2D eigenvalue weighted by Crippen LogP contribution is -1.99. The topological polar surface area (TPSA) is 0 Å². The van der Waals surface area contributed by atoms with E-state index in [1.165, 1.54) is 22.3 Å². The van der Waals surface area contributed by atoms with Gasteiger partial charge in [-0.3, -0.25) is 0 Å². The first-order chi connectivity index (χ1) is 11.4. The van der Waals surface area contributed by atoms with E-state index in [4.69, 9.17) is 0 Å². The first-order valence-corrected chi connectivity index (χ1v) is 11.2. The molecule has 0 aliphatic rings. The molecule has 0 amide bonds. The molecule has 0 aliphatic carbocycles. The molecule has 0 aromatic heterocycles. The van der Waals surface area contributed by atoms with Crippen molar-refractivity contribution in [3.05, 3.63) is 46.5 Å². The van der Waals surface area contributed by atoms with E-state index < -0.39 is 0 Å². The molecule has 2 aromatic carbocycles. The molecule has 24 heavy (non-hydrogen) atoms. The lowest BCUT2D eigenvalue weighted by atomic mass is 9.99. The zero-order chi connectivity index (χ0) is 18.3. The number of hydrogen-bond acceptors (Lipinski definition) is 8. The zero-order valence-corrected chi connectivity index (χ0v) is 19.9. The van der Waals surface area contributed by atoms with Crippen molar-refractivity contribution in [1.82, 2.24) is 0 Å². The Morgan fingerprint density at radius 3 is 1.00 bits per heavy atom. The van der Waals surface area contributed by atoms with Crippen molar-refractivity contribution in [2.24, 2.45) is 0 Å². The average Bonchev–Trinajstić information content (AvgIpc) is 2.59. The maximum Gasteiger partial charge on any atom is 0.0186 e. The molecular formula is C16H20S8. The Labute approximate surface area is 188 Å². The molecular weight excluding hydrogens is 449 g/mol. The van der Waals surface area contributed by atoms with Crippen LogP contribution in [-0.2, 0) is 23.0 Å². The summed E-state index contributed by atoms with van der Waals surface area (Å²) in [5.41, 5.74) is 5.03. The summed E-state index contributed by atoms with van der Waals surface area (Å²) >= 11 is 33.9. The summed E-state index contributed by atoms with van der Waals surface area (Å²) in [7, 11) is 0. The van der Waals surface area contributed by atoms with Gasteiger partial charge >= 0.3 is 0 Å². The summed E-state index contributed by atoms with van der Waals surface area (Å²) in [5.74, 6) is 2.99. The fourth-order valence-corrected chi connectivity index (χ4v) is 4.39. The van der Waals surface area contributed by atoms with Gasteiger partial charge in [0.2, 0.25) is 0 Å². The van der Waals surface area contributed by atoms with E-state index in [1.54, 1.807) is 0 Å². The summed E-state index contributed by atoms with van der Waals surface area (Å²) in [6.45, 7) is 0. The van der Waals surface area contributed by atoms with Gasteiger partial charge < -0.3 is 0 Å². The summed E-state index contributed by atoms with van der Waals surface area (Å²) in [4.78, 5) is 3.30. The molecule has 0 saturated heterocycles. The number of hydrogen-bond donors (Lipinski definition) is 8. The first-order valence-electron chi connectivity index (χ1n) is 6.89. The molecule has 0 aliphatic heterocycles. The molecule has 0 heterocycles. The van der Waals surface area contributed by atoms with E-state index in [9.17, 15) is 0 Å². The minimum Gasteiger partial charge on any atom is -0.175 e.